The fourth-order valence-electron chi connectivity index (χ4n) is 1.57. The second-order valence-corrected chi connectivity index (χ2v) is 5.75. The first-order valence-corrected chi connectivity index (χ1v) is 6.81. The van der Waals surface area contributed by atoms with Gasteiger partial charge < -0.3 is 5.73 Å². The molecule has 18 heavy (non-hydrogen) atoms. The number of H-pyrrole nitrogens is 1. The molecule has 0 unspecified atom stereocenters. The lowest BCUT2D eigenvalue weighted by Gasteiger charge is -2.07. The molecule has 0 bridgehead atoms. The molecule has 0 saturated heterocycles. The van der Waals surface area contributed by atoms with E-state index in [9.17, 15) is 8.42 Å². The third-order valence-corrected chi connectivity index (χ3v) is 3.78. The lowest BCUT2D eigenvalue weighted by molar-refractivity contribution is 0.580. The molecule has 0 saturated carbocycles. The third-order valence-electron chi connectivity index (χ3n) is 2.39. The number of aromatic nitrogens is 2. The van der Waals surface area contributed by atoms with E-state index >= 15 is 0 Å². The molecule has 0 aliphatic carbocycles. The molecule has 4 N–H and O–H groups in total. The summed E-state index contributed by atoms with van der Waals surface area (Å²) in [6, 6.07) is 6.43. The quantitative estimate of drug-likeness (QED) is 0.712. The van der Waals surface area contributed by atoms with Gasteiger partial charge in [0.05, 0.1) is 17.1 Å². The van der Waals surface area contributed by atoms with E-state index in [1.54, 1.807) is 31.3 Å². The van der Waals surface area contributed by atoms with Crippen LogP contribution in [-0.4, -0.2) is 18.6 Å². The second-order valence-electron chi connectivity index (χ2n) is 3.99. The molecular weight excluding hydrogens is 252 g/mol. The van der Waals surface area contributed by atoms with Crippen LogP contribution in [0.5, 0.6) is 0 Å². The van der Waals surface area contributed by atoms with Crippen molar-refractivity contribution in [1.82, 2.24) is 14.9 Å². The molecule has 0 radical (unpaired) electrons. The van der Waals surface area contributed by atoms with Crippen molar-refractivity contribution in [3.8, 4) is 0 Å². The lowest BCUT2D eigenvalue weighted by atomic mass is 10.2. The van der Waals surface area contributed by atoms with E-state index in [0.29, 0.717) is 11.4 Å². The number of sulfonamides is 1. The van der Waals surface area contributed by atoms with Crippen LogP contribution in [0, 0.1) is 6.92 Å². The van der Waals surface area contributed by atoms with Gasteiger partial charge in [-0.05, 0) is 36.8 Å². The molecule has 7 heteroatoms. The monoisotopic (exact) mass is 266 g/mol. The minimum Gasteiger partial charge on any atom is -0.399 e. The van der Waals surface area contributed by atoms with Crippen LogP contribution in [0.1, 0.15) is 11.3 Å². The maximum atomic E-state index is 12.0. The number of hydrogen-bond acceptors (Lipinski definition) is 4. The van der Waals surface area contributed by atoms with Crippen LogP contribution < -0.4 is 10.5 Å². The van der Waals surface area contributed by atoms with Crippen LogP contribution in [0.3, 0.4) is 0 Å². The van der Waals surface area contributed by atoms with Crippen molar-refractivity contribution < 1.29 is 8.42 Å². The average Bonchev–Trinajstić information content (AvgIpc) is 2.78. The van der Waals surface area contributed by atoms with E-state index in [2.05, 4.69) is 14.9 Å². The van der Waals surface area contributed by atoms with Gasteiger partial charge in [0, 0.05) is 11.9 Å². The van der Waals surface area contributed by atoms with E-state index < -0.39 is 10.0 Å². The minimum absolute atomic E-state index is 0.163. The van der Waals surface area contributed by atoms with Gasteiger partial charge in [-0.25, -0.2) is 13.1 Å². The van der Waals surface area contributed by atoms with Gasteiger partial charge in [0.25, 0.3) is 0 Å². The van der Waals surface area contributed by atoms with E-state index in [1.165, 1.54) is 6.07 Å². The van der Waals surface area contributed by atoms with Crippen LogP contribution in [0.25, 0.3) is 0 Å². The minimum atomic E-state index is -3.56. The number of aromatic amines is 1. The van der Waals surface area contributed by atoms with E-state index in [4.69, 9.17) is 5.73 Å². The number of hydrogen-bond donors (Lipinski definition) is 3. The first-order chi connectivity index (χ1) is 8.47. The van der Waals surface area contributed by atoms with Crippen LogP contribution in [-0.2, 0) is 16.6 Å². The zero-order valence-electron chi connectivity index (χ0n) is 9.84. The Kier molecular flexibility index (Phi) is 3.35. The van der Waals surface area contributed by atoms with Gasteiger partial charge in [0.15, 0.2) is 0 Å². The molecule has 0 fully saturated rings. The predicted molar refractivity (Wildman–Crippen MR) is 68.2 cm³/mol. The molecule has 6 nitrogen and oxygen atoms in total. The standard InChI is InChI=1S/C11H14N4O2S/c1-8-4-9(12)6-11(5-8)18(16,17)14-7-10-2-3-13-15-10/h2-6,14H,7,12H2,1H3,(H,13,15). The number of aryl methyl sites for hydroxylation is 1. The summed E-state index contributed by atoms with van der Waals surface area (Å²) in [5.74, 6) is 0. The Labute approximate surface area is 105 Å². The molecule has 0 aliphatic heterocycles. The van der Waals surface area contributed by atoms with Crippen molar-refractivity contribution in [2.75, 3.05) is 5.73 Å². The zero-order valence-corrected chi connectivity index (χ0v) is 10.7. The molecule has 1 aromatic carbocycles. The number of nitrogens with two attached hydrogens (primary N) is 1. The topological polar surface area (TPSA) is 101 Å². The largest absolute Gasteiger partial charge is 0.399 e. The molecule has 1 heterocycles. The summed E-state index contributed by atoms with van der Waals surface area (Å²) in [6.07, 6.45) is 1.56. The summed E-state index contributed by atoms with van der Waals surface area (Å²) < 4.78 is 26.5. The molecule has 96 valence electrons. The second kappa shape index (κ2) is 4.79. The zero-order chi connectivity index (χ0) is 13.2. The van der Waals surface area contributed by atoms with Crippen molar-refractivity contribution in [3.05, 3.63) is 41.7 Å². The van der Waals surface area contributed by atoms with Gasteiger partial charge in [-0.2, -0.15) is 5.10 Å². The maximum absolute atomic E-state index is 12.0. The lowest BCUT2D eigenvalue weighted by Crippen LogP contribution is -2.23. The Hall–Kier alpha value is -1.86. The van der Waals surface area contributed by atoms with Crippen LogP contribution in [0.2, 0.25) is 0 Å². The van der Waals surface area contributed by atoms with E-state index in [-0.39, 0.29) is 11.4 Å². The highest BCUT2D eigenvalue weighted by molar-refractivity contribution is 7.89. The Bertz CT molecular complexity index is 615. The van der Waals surface area contributed by atoms with Crippen molar-refractivity contribution in [2.24, 2.45) is 0 Å². The molecule has 0 atom stereocenters. The van der Waals surface area contributed by atoms with Crippen molar-refractivity contribution in [1.29, 1.82) is 0 Å². The smallest absolute Gasteiger partial charge is 0.241 e. The number of benzene rings is 1. The molecule has 2 aromatic rings. The highest BCUT2D eigenvalue weighted by Crippen LogP contribution is 2.16. The van der Waals surface area contributed by atoms with Gasteiger partial charge in [-0.3, -0.25) is 5.10 Å². The molecule has 0 aliphatic rings. The highest BCUT2D eigenvalue weighted by atomic mass is 32.2. The fraction of sp³-hybridized carbons (Fsp3) is 0.182. The van der Waals surface area contributed by atoms with E-state index in [0.717, 1.165) is 5.56 Å². The third kappa shape index (κ3) is 2.88. The first kappa shape index (κ1) is 12.6. The summed E-state index contributed by atoms with van der Waals surface area (Å²) in [5.41, 5.74) is 7.56. The summed E-state index contributed by atoms with van der Waals surface area (Å²) >= 11 is 0. The first-order valence-electron chi connectivity index (χ1n) is 5.32. The van der Waals surface area contributed by atoms with Crippen molar-refractivity contribution >= 4 is 15.7 Å². The Morgan fingerprint density at radius 2 is 2.17 bits per heavy atom. The summed E-state index contributed by atoms with van der Waals surface area (Å²) in [7, 11) is -3.56. The summed E-state index contributed by atoms with van der Waals surface area (Å²) in [4.78, 5) is 0.166. The van der Waals surface area contributed by atoms with E-state index in [1.807, 2.05) is 0 Å². The number of nitrogen functional groups attached to an aromatic ring is 1. The normalized spacial score (nSPS) is 11.6. The van der Waals surface area contributed by atoms with Crippen molar-refractivity contribution in [2.45, 2.75) is 18.4 Å². The van der Waals surface area contributed by atoms with Crippen LogP contribution in [0.15, 0.2) is 35.4 Å². The van der Waals surface area contributed by atoms with Gasteiger partial charge in [-0.1, -0.05) is 0 Å². The highest BCUT2D eigenvalue weighted by Gasteiger charge is 2.14. The maximum Gasteiger partial charge on any atom is 0.241 e. The Morgan fingerprint density at radius 3 is 2.78 bits per heavy atom. The number of nitrogens with one attached hydrogen (secondary N) is 2. The number of anilines is 1. The van der Waals surface area contributed by atoms with Crippen LogP contribution >= 0.6 is 0 Å². The fourth-order valence-corrected chi connectivity index (χ4v) is 2.72. The predicted octanol–water partition coefficient (Wildman–Crippen LogP) is 0.779. The SMILES string of the molecule is Cc1cc(N)cc(S(=O)(=O)NCc2ccn[nH]2)c1. The number of nitrogens with zero attached hydrogens (tertiary/aromatic N) is 1. The van der Waals surface area contributed by atoms with Gasteiger partial charge in [-0.15, -0.1) is 0 Å². The molecule has 1 aromatic heterocycles. The molecular formula is C11H14N4O2S. The Balaban J connectivity index is 2.20. The number of rotatable bonds is 4. The van der Waals surface area contributed by atoms with Gasteiger partial charge in [0.1, 0.15) is 0 Å². The summed E-state index contributed by atoms with van der Waals surface area (Å²) in [5, 5.41) is 6.43. The molecule has 2 rings (SSSR count). The molecule has 0 spiro atoms. The molecule has 0 amide bonds. The van der Waals surface area contributed by atoms with Gasteiger partial charge in [0.2, 0.25) is 10.0 Å². The van der Waals surface area contributed by atoms with Gasteiger partial charge >= 0.3 is 0 Å². The van der Waals surface area contributed by atoms with Crippen LogP contribution in [0.4, 0.5) is 5.69 Å². The van der Waals surface area contributed by atoms with Crippen molar-refractivity contribution in [3.63, 3.8) is 0 Å². The Morgan fingerprint density at radius 1 is 1.39 bits per heavy atom. The average molecular weight is 266 g/mol. The summed E-state index contributed by atoms with van der Waals surface area (Å²) in [6.45, 7) is 1.96.